The third-order valence-corrected chi connectivity index (χ3v) is 4.61. The molecule has 0 bridgehead atoms. The van der Waals surface area contributed by atoms with Crippen LogP contribution < -0.4 is 5.32 Å². The molecule has 0 aromatic heterocycles. The highest BCUT2D eigenvalue weighted by molar-refractivity contribution is 7.99. The zero-order valence-electron chi connectivity index (χ0n) is 11.8. The van der Waals surface area contributed by atoms with Crippen molar-refractivity contribution in [2.24, 2.45) is 0 Å². The van der Waals surface area contributed by atoms with E-state index >= 15 is 0 Å². The number of unbranched alkanes of at least 4 members (excludes halogenated alkanes) is 1. The maximum absolute atomic E-state index is 13.7. The van der Waals surface area contributed by atoms with Gasteiger partial charge in [0.15, 0.2) is 0 Å². The van der Waals surface area contributed by atoms with Gasteiger partial charge in [0.1, 0.15) is 5.82 Å². The highest BCUT2D eigenvalue weighted by Crippen LogP contribution is 2.37. The Bertz CT molecular complexity index is 409. The average molecular weight is 282 g/mol. The molecule has 2 nitrogen and oxygen atoms in total. The number of fused-ring (bicyclic) bond motifs is 1. The first-order chi connectivity index (χ1) is 9.18. The summed E-state index contributed by atoms with van der Waals surface area (Å²) in [5.74, 6) is 0.935. The van der Waals surface area contributed by atoms with Gasteiger partial charge in [-0.15, -0.1) is 11.8 Å². The summed E-state index contributed by atoms with van der Waals surface area (Å²) in [4.78, 5) is 3.06. The van der Waals surface area contributed by atoms with Gasteiger partial charge in [-0.05, 0) is 63.8 Å². The van der Waals surface area contributed by atoms with Crippen LogP contribution >= 0.6 is 11.8 Å². The maximum atomic E-state index is 13.7. The molecule has 0 spiro atoms. The predicted molar refractivity (Wildman–Crippen MR) is 80.3 cm³/mol. The summed E-state index contributed by atoms with van der Waals surface area (Å²) in [5, 5.41) is 3.58. The van der Waals surface area contributed by atoms with Gasteiger partial charge >= 0.3 is 0 Å². The summed E-state index contributed by atoms with van der Waals surface area (Å²) in [6, 6.07) is 5.76. The largest absolute Gasteiger partial charge is 0.310 e. The summed E-state index contributed by atoms with van der Waals surface area (Å²) in [6.07, 6.45) is 3.47. The number of hydrogen-bond donors (Lipinski definition) is 1. The van der Waals surface area contributed by atoms with E-state index in [0.29, 0.717) is 6.04 Å². The van der Waals surface area contributed by atoms with Crippen LogP contribution in [0.1, 0.15) is 30.9 Å². The fourth-order valence-electron chi connectivity index (χ4n) is 2.43. The van der Waals surface area contributed by atoms with Crippen LogP contribution in [-0.4, -0.2) is 37.8 Å². The molecule has 1 aliphatic rings. The Hall–Kier alpha value is -0.580. The Balaban J connectivity index is 1.84. The molecule has 0 amide bonds. The number of nitrogens with zero attached hydrogens (tertiary/aromatic N) is 1. The number of hydrogen-bond acceptors (Lipinski definition) is 3. The second-order valence-electron chi connectivity index (χ2n) is 5.31. The number of thioether (sulfide) groups is 1. The van der Waals surface area contributed by atoms with E-state index in [-0.39, 0.29) is 5.82 Å². The molecule has 0 saturated carbocycles. The Labute approximate surface area is 119 Å². The monoisotopic (exact) mass is 282 g/mol. The molecule has 1 atom stereocenters. The van der Waals surface area contributed by atoms with Gasteiger partial charge in [0, 0.05) is 10.9 Å². The normalized spacial score (nSPS) is 18.6. The van der Waals surface area contributed by atoms with Gasteiger partial charge in [0.05, 0.1) is 0 Å². The lowest BCUT2D eigenvalue weighted by atomic mass is 10.0. The summed E-state index contributed by atoms with van der Waals surface area (Å²) < 4.78 is 13.7. The fourth-order valence-corrected chi connectivity index (χ4v) is 3.57. The number of nitrogens with one attached hydrogen (secondary N) is 1. The smallest absolute Gasteiger partial charge is 0.137 e. The molecular weight excluding hydrogens is 259 g/mol. The highest BCUT2D eigenvalue weighted by Gasteiger charge is 2.22. The van der Waals surface area contributed by atoms with Crippen molar-refractivity contribution in [3.63, 3.8) is 0 Å². The van der Waals surface area contributed by atoms with Crippen LogP contribution in [0.3, 0.4) is 0 Å². The molecular formula is C15H23FN2S. The third-order valence-electron chi connectivity index (χ3n) is 3.45. The number of benzene rings is 1. The third kappa shape index (κ3) is 4.20. The molecule has 1 unspecified atom stereocenters. The quantitative estimate of drug-likeness (QED) is 0.806. The van der Waals surface area contributed by atoms with Crippen LogP contribution in [0.5, 0.6) is 0 Å². The van der Waals surface area contributed by atoms with Crippen molar-refractivity contribution >= 4 is 11.8 Å². The predicted octanol–water partition coefficient (Wildman–Crippen LogP) is 3.29. The van der Waals surface area contributed by atoms with Crippen molar-refractivity contribution in [2.75, 3.05) is 32.9 Å². The van der Waals surface area contributed by atoms with Gasteiger partial charge in [-0.25, -0.2) is 4.39 Å². The maximum Gasteiger partial charge on any atom is 0.137 e. The summed E-state index contributed by atoms with van der Waals surface area (Å²) in [7, 11) is 4.20. The van der Waals surface area contributed by atoms with Crippen molar-refractivity contribution in [3.05, 3.63) is 29.6 Å². The molecule has 0 radical (unpaired) electrons. The molecule has 1 heterocycles. The number of rotatable bonds is 6. The van der Waals surface area contributed by atoms with E-state index in [4.69, 9.17) is 0 Å². The first-order valence-electron chi connectivity index (χ1n) is 6.98. The summed E-state index contributed by atoms with van der Waals surface area (Å²) in [5.41, 5.74) is 1.14. The molecule has 0 aliphatic carbocycles. The molecule has 4 heteroatoms. The topological polar surface area (TPSA) is 15.3 Å². The molecule has 1 aliphatic heterocycles. The van der Waals surface area contributed by atoms with Crippen LogP contribution in [0, 0.1) is 5.82 Å². The second-order valence-corrected chi connectivity index (χ2v) is 6.42. The fraction of sp³-hybridized carbons (Fsp3) is 0.600. The van der Waals surface area contributed by atoms with E-state index in [1.165, 1.54) is 12.8 Å². The summed E-state index contributed by atoms with van der Waals surface area (Å²) in [6.45, 7) is 2.15. The lowest BCUT2D eigenvalue weighted by Crippen LogP contribution is -2.26. The van der Waals surface area contributed by atoms with Gasteiger partial charge < -0.3 is 10.2 Å². The van der Waals surface area contributed by atoms with Gasteiger partial charge in [0.2, 0.25) is 0 Å². The number of halogens is 1. The van der Waals surface area contributed by atoms with Crippen molar-refractivity contribution in [1.82, 2.24) is 10.2 Å². The van der Waals surface area contributed by atoms with Gasteiger partial charge in [-0.2, -0.15) is 0 Å². The molecule has 1 N–H and O–H groups in total. The van der Waals surface area contributed by atoms with Crippen LogP contribution in [0.2, 0.25) is 0 Å². The van der Waals surface area contributed by atoms with Crippen molar-refractivity contribution in [1.29, 1.82) is 0 Å². The van der Waals surface area contributed by atoms with E-state index in [2.05, 4.69) is 30.4 Å². The molecule has 1 aromatic carbocycles. The Morgan fingerprint density at radius 1 is 1.37 bits per heavy atom. The van der Waals surface area contributed by atoms with E-state index < -0.39 is 0 Å². The van der Waals surface area contributed by atoms with E-state index in [9.17, 15) is 4.39 Å². The van der Waals surface area contributed by atoms with Crippen LogP contribution in [0.4, 0.5) is 4.39 Å². The molecule has 0 saturated heterocycles. The van der Waals surface area contributed by atoms with Crippen LogP contribution in [0.25, 0.3) is 0 Å². The van der Waals surface area contributed by atoms with Crippen molar-refractivity contribution < 1.29 is 4.39 Å². The summed E-state index contributed by atoms with van der Waals surface area (Å²) >= 11 is 1.65. The van der Waals surface area contributed by atoms with E-state index in [1.54, 1.807) is 17.8 Å². The lowest BCUT2D eigenvalue weighted by Gasteiger charge is -2.26. The molecule has 2 rings (SSSR count). The Kier molecular flexibility index (Phi) is 5.67. The first kappa shape index (κ1) is 14.8. The second kappa shape index (κ2) is 7.27. The van der Waals surface area contributed by atoms with E-state index in [0.717, 1.165) is 35.7 Å². The lowest BCUT2D eigenvalue weighted by molar-refractivity contribution is 0.386. The highest BCUT2D eigenvalue weighted by atomic mass is 32.2. The average Bonchev–Trinajstić information content (AvgIpc) is 2.39. The molecule has 0 fully saturated rings. The van der Waals surface area contributed by atoms with Gasteiger partial charge in [-0.1, -0.05) is 12.1 Å². The minimum Gasteiger partial charge on any atom is -0.310 e. The molecule has 19 heavy (non-hydrogen) atoms. The van der Waals surface area contributed by atoms with Crippen molar-refractivity contribution in [3.8, 4) is 0 Å². The zero-order chi connectivity index (χ0) is 13.7. The minimum absolute atomic E-state index is 0.0680. The minimum atomic E-state index is -0.0680. The van der Waals surface area contributed by atoms with Crippen LogP contribution in [0.15, 0.2) is 23.1 Å². The van der Waals surface area contributed by atoms with Gasteiger partial charge in [0.25, 0.3) is 0 Å². The standard InChI is InChI=1S/C15H23FN2S/c1-18(2)10-4-3-9-17-14-8-11-19-15-12(14)6-5-7-13(15)16/h5-7,14,17H,3-4,8-11H2,1-2H3. The van der Waals surface area contributed by atoms with E-state index in [1.807, 2.05) is 6.07 Å². The Morgan fingerprint density at radius 3 is 3.00 bits per heavy atom. The first-order valence-corrected chi connectivity index (χ1v) is 7.96. The molecule has 106 valence electrons. The molecule has 1 aromatic rings. The SMILES string of the molecule is CN(C)CCCCNC1CCSc2c(F)cccc21. The zero-order valence-corrected chi connectivity index (χ0v) is 12.6. The van der Waals surface area contributed by atoms with Crippen molar-refractivity contribution in [2.45, 2.75) is 30.2 Å². The van der Waals surface area contributed by atoms with Gasteiger partial charge in [-0.3, -0.25) is 0 Å². The Morgan fingerprint density at radius 2 is 2.21 bits per heavy atom. The van der Waals surface area contributed by atoms with Crippen LogP contribution in [-0.2, 0) is 0 Å².